The summed E-state index contributed by atoms with van der Waals surface area (Å²) in [6.07, 6.45) is 0. The number of para-hydroxylation sites is 1. The Morgan fingerprint density at radius 2 is 1.78 bits per heavy atom. The molecule has 2 aromatic heterocycles. The van der Waals surface area contributed by atoms with E-state index in [2.05, 4.69) is 15.1 Å². The van der Waals surface area contributed by atoms with E-state index in [1.54, 1.807) is 0 Å². The Bertz CT molecular complexity index is 996. The molecule has 0 fully saturated rings. The molecule has 2 heterocycles. The van der Waals surface area contributed by atoms with Gasteiger partial charge in [0.25, 0.3) is 5.89 Å². The van der Waals surface area contributed by atoms with Crippen LogP contribution in [0, 0.1) is 6.92 Å². The van der Waals surface area contributed by atoms with E-state index in [0.29, 0.717) is 22.4 Å². The molecule has 0 spiro atoms. The first-order chi connectivity index (χ1) is 11.2. The summed E-state index contributed by atoms with van der Waals surface area (Å²) in [5, 5.41) is 5.41. The number of halogens is 1. The molecule has 0 unspecified atom stereocenters. The Hall–Kier alpha value is -2.72. The summed E-state index contributed by atoms with van der Waals surface area (Å²) in [6.45, 7) is 2.01. The van der Waals surface area contributed by atoms with Gasteiger partial charge in [-0.25, -0.2) is 4.98 Å². The van der Waals surface area contributed by atoms with Gasteiger partial charge in [0.15, 0.2) is 0 Å². The van der Waals surface area contributed by atoms with Gasteiger partial charge in [0.1, 0.15) is 5.15 Å². The highest BCUT2D eigenvalue weighted by molar-refractivity contribution is 6.32. The molecule has 4 rings (SSSR count). The van der Waals surface area contributed by atoms with Crippen molar-refractivity contribution in [3.63, 3.8) is 0 Å². The Kier molecular flexibility index (Phi) is 3.32. The number of nitrogens with zero attached hydrogens (tertiary/aromatic N) is 3. The standard InChI is InChI=1S/C18H12ClN3O/c1-11-6-5-9-13-10-14(16(19)20-15(11)13)17-21-18(23-22-17)12-7-3-2-4-8-12/h2-10H,1H3. The Morgan fingerprint density at radius 1 is 0.957 bits per heavy atom. The molecule has 0 N–H and O–H groups in total. The lowest BCUT2D eigenvalue weighted by Crippen LogP contribution is -1.90. The first kappa shape index (κ1) is 13.9. The molecule has 0 aliphatic heterocycles. The van der Waals surface area contributed by atoms with Crippen LogP contribution in [0.3, 0.4) is 0 Å². The zero-order chi connectivity index (χ0) is 15.8. The minimum absolute atomic E-state index is 0.368. The van der Waals surface area contributed by atoms with Crippen molar-refractivity contribution in [3.05, 3.63) is 65.3 Å². The summed E-state index contributed by atoms with van der Waals surface area (Å²) >= 11 is 6.33. The van der Waals surface area contributed by atoms with Gasteiger partial charge in [-0.15, -0.1) is 0 Å². The van der Waals surface area contributed by atoms with E-state index in [4.69, 9.17) is 16.1 Å². The zero-order valence-corrected chi connectivity index (χ0v) is 13.1. The predicted molar refractivity (Wildman–Crippen MR) is 90.2 cm³/mol. The van der Waals surface area contributed by atoms with Gasteiger partial charge in [0.2, 0.25) is 5.82 Å². The van der Waals surface area contributed by atoms with E-state index >= 15 is 0 Å². The summed E-state index contributed by atoms with van der Waals surface area (Å²) in [6, 6.07) is 17.6. The third-order valence-electron chi connectivity index (χ3n) is 3.69. The largest absolute Gasteiger partial charge is 0.334 e. The molecule has 0 saturated heterocycles. The Balaban J connectivity index is 1.84. The number of aryl methyl sites for hydroxylation is 1. The van der Waals surface area contributed by atoms with Crippen LogP contribution >= 0.6 is 11.6 Å². The fraction of sp³-hybridized carbons (Fsp3) is 0.0556. The lowest BCUT2D eigenvalue weighted by molar-refractivity contribution is 0.432. The second kappa shape index (κ2) is 5.48. The van der Waals surface area contributed by atoms with Gasteiger partial charge in [0.05, 0.1) is 11.1 Å². The average Bonchev–Trinajstić information content (AvgIpc) is 3.06. The maximum Gasteiger partial charge on any atom is 0.258 e. The summed E-state index contributed by atoms with van der Waals surface area (Å²) in [5.41, 5.74) is 3.49. The van der Waals surface area contributed by atoms with Crippen LogP contribution in [0.25, 0.3) is 33.7 Å². The SMILES string of the molecule is Cc1cccc2cc(-c3noc(-c4ccccc4)n3)c(Cl)nc12. The zero-order valence-electron chi connectivity index (χ0n) is 12.3. The van der Waals surface area contributed by atoms with Crippen LogP contribution in [0.1, 0.15) is 5.56 Å². The number of hydrogen-bond donors (Lipinski definition) is 0. The first-order valence-electron chi connectivity index (χ1n) is 7.18. The summed E-state index contributed by atoms with van der Waals surface area (Å²) in [4.78, 5) is 8.92. The number of pyridine rings is 1. The van der Waals surface area contributed by atoms with Crippen LogP contribution in [-0.2, 0) is 0 Å². The number of rotatable bonds is 2. The lowest BCUT2D eigenvalue weighted by atomic mass is 10.1. The van der Waals surface area contributed by atoms with Crippen LogP contribution in [0.2, 0.25) is 5.15 Å². The van der Waals surface area contributed by atoms with Crippen LogP contribution in [0.5, 0.6) is 0 Å². The van der Waals surface area contributed by atoms with Gasteiger partial charge in [-0.1, -0.05) is 53.2 Å². The topological polar surface area (TPSA) is 51.8 Å². The normalized spacial score (nSPS) is 11.0. The van der Waals surface area contributed by atoms with Crippen molar-refractivity contribution in [1.29, 1.82) is 0 Å². The molecule has 0 bridgehead atoms. The molecule has 4 nitrogen and oxygen atoms in total. The minimum atomic E-state index is 0.368. The molecule has 112 valence electrons. The van der Waals surface area contributed by atoms with Crippen molar-refractivity contribution in [2.45, 2.75) is 6.92 Å². The van der Waals surface area contributed by atoms with E-state index in [0.717, 1.165) is 22.0 Å². The highest BCUT2D eigenvalue weighted by Crippen LogP contribution is 2.30. The Morgan fingerprint density at radius 3 is 2.61 bits per heavy atom. The highest BCUT2D eigenvalue weighted by atomic mass is 35.5. The molecule has 0 radical (unpaired) electrons. The predicted octanol–water partition coefficient (Wildman–Crippen LogP) is 4.91. The van der Waals surface area contributed by atoms with E-state index in [9.17, 15) is 0 Å². The van der Waals surface area contributed by atoms with Gasteiger partial charge < -0.3 is 4.52 Å². The molecule has 0 saturated carbocycles. The molecule has 0 aliphatic rings. The second-order valence-electron chi connectivity index (χ2n) is 5.26. The van der Waals surface area contributed by atoms with Crippen molar-refractivity contribution in [2.24, 2.45) is 0 Å². The van der Waals surface area contributed by atoms with Crippen LogP contribution in [0.15, 0.2) is 59.1 Å². The molecule has 0 aliphatic carbocycles. The first-order valence-corrected chi connectivity index (χ1v) is 7.55. The minimum Gasteiger partial charge on any atom is -0.334 e. The van der Waals surface area contributed by atoms with Crippen LogP contribution < -0.4 is 0 Å². The van der Waals surface area contributed by atoms with Crippen LogP contribution in [-0.4, -0.2) is 15.1 Å². The van der Waals surface area contributed by atoms with Gasteiger partial charge in [0, 0.05) is 10.9 Å². The fourth-order valence-corrected chi connectivity index (χ4v) is 2.74. The average molecular weight is 322 g/mol. The molecule has 0 amide bonds. The van der Waals surface area contributed by atoms with E-state index in [1.165, 1.54) is 0 Å². The molecule has 23 heavy (non-hydrogen) atoms. The van der Waals surface area contributed by atoms with Gasteiger partial charge in [-0.05, 0) is 30.7 Å². The van der Waals surface area contributed by atoms with E-state index in [1.807, 2.05) is 61.5 Å². The van der Waals surface area contributed by atoms with Crippen molar-refractivity contribution >= 4 is 22.5 Å². The quantitative estimate of drug-likeness (QED) is 0.492. The third kappa shape index (κ3) is 2.47. The van der Waals surface area contributed by atoms with Gasteiger partial charge >= 0.3 is 0 Å². The van der Waals surface area contributed by atoms with Gasteiger partial charge in [-0.2, -0.15) is 4.98 Å². The Labute approximate surface area is 137 Å². The molecular weight excluding hydrogens is 310 g/mol. The second-order valence-corrected chi connectivity index (χ2v) is 5.62. The molecule has 4 aromatic rings. The van der Waals surface area contributed by atoms with Crippen molar-refractivity contribution < 1.29 is 4.52 Å². The fourth-order valence-electron chi connectivity index (χ4n) is 2.51. The van der Waals surface area contributed by atoms with Crippen molar-refractivity contribution in [2.75, 3.05) is 0 Å². The maximum absolute atomic E-state index is 6.33. The number of fused-ring (bicyclic) bond motifs is 1. The summed E-state index contributed by atoms with van der Waals surface area (Å²) in [7, 11) is 0. The molecule has 2 aromatic carbocycles. The maximum atomic E-state index is 6.33. The van der Waals surface area contributed by atoms with Gasteiger partial charge in [-0.3, -0.25) is 0 Å². The van der Waals surface area contributed by atoms with Crippen molar-refractivity contribution in [3.8, 4) is 22.8 Å². The van der Waals surface area contributed by atoms with E-state index < -0.39 is 0 Å². The number of hydrogen-bond acceptors (Lipinski definition) is 4. The molecule has 5 heteroatoms. The third-order valence-corrected chi connectivity index (χ3v) is 3.98. The molecular formula is C18H12ClN3O. The summed E-state index contributed by atoms with van der Waals surface area (Å²) < 4.78 is 5.35. The highest BCUT2D eigenvalue weighted by Gasteiger charge is 2.15. The lowest BCUT2D eigenvalue weighted by Gasteiger charge is -2.04. The molecule has 0 atom stereocenters. The summed E-state index contributed by atoms with van der Waals surface area (Å²) in [5.74, 6) is 0.894. The monoisotopic (exact) mass is 321 g/mol. The van der Waals surface area contributed by atoms with E-state index in [-0.39, 0.29) is 0 Å². The smallest absolute Gasteiger partial charge is 0.258 e. The van der Waals surface area contributed by atoms with Crippen molar-refractivity contribution in [1.82, 2.24) is 15.1 Å². The van der Waals surface area contributed by atoms with Crippen LogP contribution in [0.4, 0.5) is 0 Å². The number of benzene rings is 2. The number of aromatic nitrogens is 3.